The van der Waals surface area contributed by atoms with Gasteiger partial charge in [0.1, 0.15) is 9.88 Å². The normalized spacial score (nSPS) is 21.8. The third-order valence-electron chi connectivity index (χ3n) is 5.70. The van der Waals surface area contributed by atoms with Crippen LogP contribution >= 0.6 is 22.7 Å². The molecule has 1 aliphatic carbocycles. The Bertz CT molecular complexity index is 993. The third kappa shape index (κ3) is 4.51. The standard InChI is InChI=1S/C22H24N2O3S2/c1-13-6-5-8-15(14(13)2)23-20(25)12-27-22(26)19-11-10-18(28-19)21-24-16-7-3-4-9-17(16)29-21/h3-4,7,9-11,13-15H,5-6,8,12H2,1-2H3,(H,23,25). The Morgan fingerprint density at radius 3 is 2.79 bits per heavy atom. The van der Waals surface area contributed by atoms with Crippen LogP contribution in [0.3, 0.4) is 0 Å². The molecule has 2 aromatic heterocycles. The lowest BCUT2D eigenvalue weighted by Crippen LogP contribution is -2.45. The molecule has 0 radical (unpaired) electrons. The third-order valence-corrected chi connectivity index (χ3v) is 7.97. The molecule has 4 rings (SSSR count). The van der Waals surface area contributed by atoms with E-state index in [0.717, 1.165) is 32.9 Å². The molecule has 2 heterocycles. The van der Waals surface area contributed by atoms with Crippen LogP contribution in [-0.2, 0) is 9.53 Å². The number of thiazole rings is 1. The molecule has 1 aromatic carbocycles. The van der Waals surface area contributed by atoms with Crippen LogP contribution in [0.5, 0.6) is 0 Å². The van der Waals surface area contributed by atoms with Crippen LogP contribution in [0.15, 0.2) is 36.4 Å². The summed E-state index contributed by atoms with van der Waals surface area (Å²) >= 11 is 2.94. The summed E-state index contributed by atoms with van der Waals surface area (Å²) in [6.45, 7) is 4.16. The highest BCUT2D eigenvalue weighted by atomic mass is 32.1. The van der Waals surface area contributed by atoms with E-state index in [1.165, 1.54) is 17.8 Å². The van der Waals surface area contributed by atoms with Crippen LogP contribution in [-0.4, -0.2) is 29.5 Å². The minimum Gasteiger partial charge on any atom is -0.451 e. The molecule has 1 aliphatic rings. The Kier molecular flexibility index (Phi) is 5.96. The van der Waals surface area contributed by atoms with E-state index in [0.29, 0.717) is 16.7 Å². The maximum Gasteiger partial charge on any atom is 0.348 e. The highest BCUT2D eigenvalue weighted by Crippen LogP contribution is 2.34. The number of aromatic nitrogens is 1. The monoisotopic (exact) mass is 428 g/mol. The summed E-state index contributed by atoms with van der Waals surface area (Å²) in [7, 11) is 0. The first kappa shape index (κ1) is 20.0. The number of nitrogens with zero attached hydrogens (tertiary/aromatic N) is 1. The van der Waals surface area contributed by atoms with Gasteiger partial charge in [0.25, 0.3) is 5.91 Å². The van der Waals surface area contributed by atoms with Gasteiger partial charge in [0.05, 0.1) is 15.1 Å². The summed E-state index contributed by atoms with van der Waals surface area (Å²) in [5.74, 6) is 0.343. The van der Waals surface area contributed by atoms with E-state index >= 15 is 0 Å². The molecule has 0 aliphatic heterocycles. The molecule has 1 amide bonds. The molecule has 1 fully saturated rings. The van der Waals surface area contributed by atoms with Crippen molar-refractivity contribution in [2.75, 3.05) is 6.61 Å². The number of rotatable bonds is 5. The van der Waals surface area contributed by atoms with Gasteiger partial charge >= 0.3 is 5.97 Å². The quantitative estimate of drug-likeness (QED) is 0.573. The molecule has 5 nitrogen and oxygen atoms in total. The van der Waals surface area contributed by atoms with Gasteiger partial charge in [0, 0.05) is 6.04 Å². The van der Waals surface area contributed by atoms with E-state index in [9.17, 15) is 9.59 Å². The summed E-state index contributed by atoms with van der Waals surface area (Å²) in [4.78, 5) is 30.6. The van der Waals surface area contributed by atoms with Gasteiger partial charge in [-0.3, -0.25) is 4.79 Å². The van der Waals surface area contributed by atoms with Crippen LogP contribution in [0.1, 0.15) is 42.8 Å². The minimum atomic E-state index is -0.470. The van der Waals surface area contributed by atoms with Crippen molar-refractivity contribution in [1.29, 1.82) is 0 Å². The van der Waals surface area contributed by atoms with Crippen molar-refractivity contribution in [2.24, 2.45) is 11.8 Å². The molecule has 1 N–H and O–H groups in total. The molecular weight excluding hydrogens is 404 g/mol. The Morgan fingerprint density at radius 1 is 1.14 bits per heavy atom. The summed E-state index contributed by atoms with van der Waals surface area (Å²) < 4.78 is 6.36. The van der Waals surface area contributed by atoms with Crippen molar-refractivity contribution in [2.45, 2.75) is 39.2 Å². The summed E-state index contributed by atoms with van der Waals surface area (Å²) in [5.41, 5.74) is 0.952. The number of esters is 1. The number of benzene rings is 1. The molecule has 29 heavy (non-hydrogen) atoms. The van der Waals surface area contributed by atoms with Crippen LogP contribution < -0.4 is 5.32 Å². The van der Waals surface area contributed by atoms with Crippen LogP contribution in [0, 0.1) is 11.8 Å². The lowest BCUT2D eigenvalue weighted by molar-refractivity contribution is -0.125. The first-order valence-corrected chi connectivity index (χ1v) is 11.6. The second kappa shape index (κ2) is 8.63. The van der Waals surface area contributed by atoms with Gasteiger partial charge in [0.15, 0.2) is 6.61 Å². The van der Waals surface area contributed by atoms with Crippen molar-refractivity contribution in [3.8, 4) is 9.88 Å². The van der Waals surface area contributed by atoms with Crippen molar-refractivity contribution < 1.29 is 14.3 Å². The summed E-state index contributed by atoms with van der Waals surface area (Å²) in [6, 6.07) is 11.7. The molecule has 7 heteroatoms. The highest BCUT2D eigenvalue weighted by molar-refractivity contribution is 7.26. The predicted molar refractivity (Wildman–Crippen MR) is 117 cm³/mol. The zero-order chi connectivity index (χ0) is 20.4. The molecule has 0 spiro atoms. The maximum atomic E-state index is 12.4. The molecule has 0 saturated heterocycles. The van der Waals surface area contributed by atoms with Crippen LogP contribution in [0.4, 0.5) is 0 Å². The van der Waals surface area contributed by atoms with E-state index in [1.54, 1.807) is 17.4 Å². The average Bonchev–Trinajstić information content (AvgIpc) is 3.36. The molecule has 1 saturated carbocycles. The van der Waals surface area contributed by atoms with E-state index < -0.39 is 5.97 Å². The van der Waals surface area contributed by atoms with E-state index in [-0.39, 0.29) is 18.6 Å². The van der Waals surface area contributed by atoms with Crippen molar-refractivity contribution in [3.05, 3.63) is 41.3 Å². The fraction of sp³-hybridized carbons (Fsp3) is 0.409. The SMILES string of the molecule is CC1CCCC(NC(=O)COC(=O)c2ccc(-c3nc4ccccc4s3)s2)C1C. The number of hydrogen-bond donors (Lipinski definition) is 1. The second-order valence-electron chi connectivity index (χ2n) is 7.67. The molecular formula is C22H24N2O3S2. The first-order valence-electron chi connectivity index (χ1n) is 9.93. The van der Waals surface area contributed by atoms with Crippen molar-refractivity contribution >= 4 is 44.8 Å². The van der Waals surface area contributed by atoms with E-state index in [2.05, 4.69) is 24.1 Å². The number of fused-ring (bicyclic) bond motifs is 1. The number of carbonyl (C=O) groups is 2. The topological polar surface area (TPSA) is 68.3 Å². The zero-order valence-electron chi connectivity index (χ0n) is 16.5. The molecule has 0 bridgehead atoms. The van der Waals surface area contributed by atoms with E-state index in [1.807, 2.05) is 30.3 Å². The van der Waals surface area contributed by atoms with Gasteiger partial charge in [-0.1, -0.05) is 38.8 Å². The zero-order valence-corrected chi connectivity index (χ0v) is 18.1. The Labute approximate surface area is 178 Å². The number of para-hydroxylation sites is 1. The summed E-state index contributed by atoms with van der Waals surface area (Å²) in [5, 5.41) is 3.91. The van der Waals surface area contributed by atoms with Gasteiger partial charge in [0.2, 0.25) is 0 Å². The molecule has 3 unspecified atom stereocenters. The lowest BCUT2D eigenvalue weighted by atomic mass is 9.78. The molecule has 3 atom stereocenters. The fourth-order valence-corrected chi connectivity index (χ4v) is 5.70. The number of thiophene rings is 1. The largest absolute Gasteiger partial charge is 0.451 e. The smallest absolute Gasteiger partial charge is 0.348 e. The predicted octanol–water partition coefficient (Wildman–Crippen LogP) is 5.12. The molecule has 152 valence electrons. The maximum absolute atomic E-state index is 12.4. The Hall–Kier alpha value is -2.25. The van der Waals surface area contributed by atoms with Gasteiger partial charge in [-0.15, -0.1) is 22.7 Å². The van der Waals surface area contributed by atoms with Gasteiger partial charge < -0.3 is 10.1 Å². The first-order chi connectivity index (χ1) is 14.0. The van der Waals surface area contributed by atoms with Crippen molar-refractivity contribution in [1.82, 2.24) is 10.3 Å². The van der Waals surface area contributed by atoms with Crippen molar-refractivity contribution in [3.63, 3.8) is 0 Å². The number of ether oxygens (including phenoxy) is 1. The van der Waals surface area contributed by atoms with Gasteiger partial charge in [-0.25, -0.2) is 9.78 Å². The summed E-state index contributed by atoms with van der Waals surface area (Å²) in [6.07, 6.45) is 3.32. The Balaban J connectivity index is 1.34. The molecule has 3 aromatic rings. The van der Waals surface area contributed by atoms with Gasteiger partial charge in [-0.05, 0) is 42.5 Å². The Morgan fingerprint density at radius 2 is 1.97 bits per heavy atom. The van der Waals surface area contributed by atoms with Gasteiger partial charge in [-0.2, -0.15) is 0 Å². The highest BCUT2D eigenvalue weighted by Gasteiger charge is 2.28. The second-order valence-corrected chi connectivity index (χ2v) is 9.78. The number of nitrogens with one attached hydrogen (secondary N) is 1. The lowest BCUT2D eigenvalue weighted by Gasteiger charge is -2.34. The number of carbonyl (C=O) groups excluding carboxylic acids is 2. The number of hydrogen-bond acceptors (Lipinski definition) is 6. The fourth-order valence-electron chi connectivity index (χ4n) is 3.78. The van der Waals surface area contributed by atoms with Crippen LogP contribution in [0.25, 0.3) is 20.1 Å². The minimum absolute atomic E-state index is 0.164. The number of amides is 1. The van der Waals surface area contributed by atoms with E-state index in [4.69, 9.17) is 4.74 Å². The average molecular weight is 429 g/mol. The van der Waals surface area contributed by atoms with Crippen LogP contribution in [0.2, 0.25) is 0 Å².